The van der Waals surface area contributed by atoms with Crippen molar-refractivity contribution in [3.8, 4) is 17.2 Å². The second-order valence-electron chi connectivity index (χ2n) is 8.98. The van der Waals surface area contributed by atoms with E-state index in [0.717, 1.165) is 5.75 Å². The van der Waals surface area contributed by atoms with Crippen molar-refractivity contribution in [3.63, 3.8) is 0 Å². The fourth-order valence-corrected chi connectivity index (χ4v) is 6.73. The minimum absolute atomic E-state index is 0.000845. The summed E-state index contributed by atoms with van der Waals surface area (Å²) in [7, 11) is -0.000845. The van der Waals surface area contributed by atoms with E-state index in [1.54, 1.807) is 0 Å². The number of fused-ring (bicyclic) bond motifs is 3. The van der Waals surface area contributed by atoms with Gasteiger partial charge in [-0.2, -0.15) is 5.26 Å². The molecule has 6 rings (SSSR count). The second kappa shape index (κ2) is 8.95. The SMILES string of the molecule is C[S+](Cc1ccc(C#N)cc1)c1ccccc1-c1c2ccccc2cc2cc3ccccc3cc12. The molecule has 6 aromatic carbocycles. The first-order valence-corrected chi connectivity index (χ1v) is 13.6. The van der Waals surface area contributed by atoms with Gasteiger partial charge in [-0.15, -0.1) is 0 Å². The van der Waals surface area contributed by atoms with Gasteiger partial charge in [0.25, 0.3) is 0 Å². The molecule has 6 aromatic rings. The lowest BCUT2D eigenvalue weighted by Crippen LogP contribution is -2.06. The predicted octanol–water partition coefficient (Wildman–Crippen LogP) is 8.49. The first-order chi connectivity index (χ1) is 17.2. The summed E-state index contributed by atoms with van der Waals surface area (Å²) in [5.74, 6) is 0.953. The van der Waals surface area contributed by atoms with Crippen LogP contribution in [0.1, 0.15) is 11.1 Å². The van der Waals surface area contributed by atoms with Gasteiger partial charge >= 0.3 is 0 Å². The molecular weight excluding hydrogens is 442 g/mol. The molecule has 0 aromatic heterocycles. The highest BCUT2D eigenvalue weighted by atomic mass is 32.2. The lowest BCUT2D eigenvalue weighted by atomic mass is 9.90. The largest absolute Gasteiger partial charge is 0.192 e. The molecule has 0 aliphatic carbocycles. The third-order valence-corrected chi connectivity index (χ3v) is 8.60. The highest BCUT2D eigenvalue weighted by Crippen LogP contribution is 2.41. The molecule has 1 unspecified atom stereocenters. The van der Waals surface area contributed by atoms with Crippen LogP contribution in [0.4, 0.5) is 0 Å². The van der Waals surface area contributed by atoms with Crippen LogP contribution in [0.5, 0.6) is 0 Å². The summed E-state index contributed by atoms with van der Waals surface area (Å²) in [4.78, 5) is 1.38. The summed E-state index contributed by atoms with van der Waals surface area (Å²) in [5, 5.41) is 16.8. The lowest BCUT2D eigenvalue weighted by Gasteiger charge is -2.16. The number of hydrogen-bond donors (Lipinski definition) is 0. The fourth-order valence-electron chi connectivity index (χ4n) is 5.03. The van der Waals surface area contributed by atoms with Crippen LogP contribution in [0.2, 0.25) is 0 Å². The van der Waals surface area contributed by atoms with E-state index >= 15 is 0 Å². The maximum Gasteiger partial charge on any atom is 0.162 e. The van der Waals surface area contributed by atoms with Crippen LogP contribution >= 0.6 is 0 Å². The molecule has 0 heterocycles. The first-order valence-electron chi connectivity index (χ1n) is 11.8. The third-order valence-electron chi connectivity index (χ3n) is 6.73. The van der Waals surface area contributed by atoms with Crippen LogP contribution in [-0.2, 0) is 16.6 Å². The van der Waals surface area contributed by atoms with Crippen LogP contribution in [0.15, 0.2) is 120 Å². The number of nitrogens with zero attached hydrogens (tertiary/aromatic N) is 1. The van der Waals surface area contributed by atoms with Gasteiger partial charge in [0.05, 0.1) is 11.6 Å². The van der Waals surface area contributed by atoms with E-state index in [1.165, 1.54) is 53.9 Å². The summed E-state index contributed by atoms with van der Waals surface area (Å²) < 4.78 is 0. The Balaban J connectivity index is 1.57. The molecule has 0 radical (unpaired) electrons. The summed E-state index contributed by atoms with van der Waals surface area (Å²) in [6.07, 6.45) is 2.33. The molecule has 2 heteroatoms. The molecule has 0 aliphatic heterocycles. The topological polar surface area (TPSA) is 23.8 Å². The number of nitriles is 1. The predicted molar refractivity (Wildman–Crippen MR) is 151 cm³/mol. The molecule has 0 saturated carbocycles. The van der Waals surface area contributed by atoms with Gasteiger partial charge in [0, 0.05) is 27.6 Å². The minimum Gasteiger partial charge on any atom is -0.192 e. The van der Waals surface area contributed by atoms with Crippen molar-refractivity contribution in [3.05, 3.63) is 126 Å². The Morgan fingerprint density at radius 1 is 0.629 bits per heavy atom. The first kappa shape index (κ1) is 21.5. The molecule has 0 N–H and O–H groups in total. The highest BCUT2D eigenvalue weighted by molar-refractivity contribution is 7.95. The summed E-state index contributed by atoms with van der Waals surface area (Å²) in [6, 6.07) is 43.5. The van der Waals surface area contributed by atoms with E-state index in [9.17, 15) is 0 Å². The molecule has 0 fully saturated rings. The second-order valence-corrected chi connectivity index (χ2v) is 11.0. The molecule has 0 amide bonds. The molecule has 0 spiro atoms. The maximum atomic E-state index is 9.14. The van der Waals surface area contributed by atoms with Crippen LogP contribution < -0.4 is 0 Å². The standard InChI is InChI=1S/C33H24NS/c1-35(22-24-16-14-23(21-34)15-17-24)32-13-7-6-12-30(32)33-29-11-5-4-10-27(29)19-28-18-25-8-2-3-9-26(25)20-31(28)33/h2-20H,22H2,1H3/q+1. The Morgan fingerprint density at radius 2 is 1.26 bits per heavy atom. The summed E-state index contributed by atoms with van der Waals surface area (Å²) >= 11 is 0. The molecule has 1 atom stereocenters. The van der Waals surface area contributed by atoms with Crippen molar-refractivity contribution in [2.24, 2.45) is 0 Å². The molecular formula is C33H24NS+. The van der Waals surface area contributed by atoms with Crippen LogP contribution in [0.3, 0.4) is 0 Å². The molecule has 166 valence electrons. The fraction of sp³-hybridized carbons (Fsp3) is 0.0606. The van der Waals surface area contributed by atoms with Crippen LogP contribution in [0, 0.1) is 11.3 Å². The monoisotopic (exact) mass is 466 g/mol. The van der Waals surface area contributed by atoms with Gasteiger partial charge in [-0.1, -0.05) is 72.8 Å². The summed E-state index contributed by atoms with van der Waals surface area (Å²) in [6.45, 7) is 0. The Kier molecular flexibility index (Phi) is 5.49. The molecule has 1 nitrogen and oxygen atoms in total. The van der Waals surface area contributed by atoms with Gasteiger partial charge in [0.15, 0.2) is 4.90 Å². The average Bonchev–Trinajstić information content (AvgIpc) is 2.91. The van der Waals surface area contributed by atoms with Gasteiger partial charge in [-0.25, -0.2) is 0 Å². The summed E-state index contributed by atoms with van der Waals surface area (Å²) in [5.41, 5.74) is 4.60. The van der Waals surface area contributed by atoms with Crippen LogP contribution in [0.25, 0.3) is 43.4 Å². The zero-order valence-corrected chi connectivity index (χ0v) is 20.3. The average molecular weight is 467 g/mol. The van der Waals surface area contributed by atoms with E-state index in [-0.39, 0.29) is 10.9 Å². The van der Waals surface area contributed by atoms with E-state index in [1.807, 2.05) is 12.1 Å². The Bertz CT molecular complexity index is 1740. The molecule has 35 heavy (non-hydrogen) atoms. The van der Waals surface area contributed by atoms with Gasteiger partial charge in [-0.3, -0.25) is 0 Å². The van der Waals surface area contributed by atoms with E-state index in [4.69, 9.17) is 5.26 Å². The normalized spacial score (nSPS) is 12.1. The van der Waals surface area contributed by atoms with Crippen molar-refractivity contribution in [2.75, 3.05) is 6.26 Å². The van der Waals surface area contributed by atoms with Crippen molar-refractivity contribution < 1.29 is 0 Å². The van der Waals surface area contributed by atoms with Gasteiger partial charge in [0.2, 0.25) is 0 Å². The molecule has 0 saturated heterocycles. The maximum absolute atomic E-state index is 9.14. The smallest absolute Gasteiger partial charge is 0.162 e. The van der Waals surface area contributed by atoms with E-state index in [0.29, 0.717) is 5.56 Å². The van der Waals surface area contributed by atoms with E-state index < -0.39 is 0 Å². The van der Waals surface area contributed by atoms with Crippen molar-refractivity contribution in [1.29, 1.82) is 5.26 Å². The van der Waals surface area contributed by atoms with Crippen molar-refractivity contribution in [2.45, 2.75) is 10.6 Å². The van der Waals surface area contributed by atoms with E-state index in [2.05, 4.69) is 115 Å². The Hall–Kier alpha value is -4.06. The zero-order valence-electron chi connectivity index (χ0n) is 19.5. The Labute approximate surface area is 208 Å². The highest BCUT2D eigenvalue weighted by Gasteiger charge is 2.23. The van der Waals surface area contributed by atoms with Gasteiger partial charge in [-0.05, 0) is 74.8 Å². The number of hydrogen-bond acceptors (Lipinski definition) is 1. The lowest BCUT2D eigenvalue weighted by molar-refractivity contribution is 1.35. The number of rotatable bonds is 4. The van der Waals surface area contributed by atoms with Gasteiger partial charge in [0.1, 0.15) is 12.0 Å². The molecule has 0 aliphatic rings. The van der Waals surface area contributed by atoms with Crippen molar-refractivity contribution >= 4 is 43.2 Å². The quantitative estimate of drug-likeness (QED) is 0.189. The van der Waals surface area contributed by atoms with Crippen molar-refractivity contribution in [1.82, 2.24) is 0 Å². The minimum atomic E-state index is -0.000845. The van der Waals surface area contributed by atoms with Crippen LogP contribution in [-0.4, -0.2) is 6.26 Å². The third kappa shape index (κ3) is 3.95. The van der Waals surface area contributed by atoms with Gasteiger partial charge < -0.3 is 0 Å². The zero-order chi connectivity index (χ0) is 23.8. The Morgan fingerprint density at radius 3 is 2.03 bits per heavy atom. The molecule has 0 bridgehead atoms. The number of benzene rings is 6.